The highest BCUT2D eigenvalue weighted by molar-refractivity contribution is 5.84. The lowest BCUT2D eigenvalue weighted by atomic mass is 10.0. The van der Waals surface area contributed by atoms with Crippen LogP contribution in [0.1, 0.15) is 109 Å². The lowest BCUT2D eigenvalue weighted by Crippen LogP contribution is -2.41. The van der Waals surface area contributed by atoms with Crippen LogP contribution < -0.4 is 33.1 Å². The number of carbonyl (C=O) groups excluding carboxylic acids is 4. The number of hydrazone groups is 1. The number of aliphatic carboxylic acids is 1. The first kappa shape index (κ1) is 47.6. The van der Waals surface area contributed by atoms with Gasteiger partial charge in [0.25, 0.3) is 0 Å². The quantitative estimate of drug-likeness (QED) is 0.0119. The van der Waals surface area contributed by atoms with Crippen molar-refractivity contribution >= 4 is 35.8 Å². The molecule has 9 N–H and O–H groups in total. The summed E-state index contributed by atoms with van der Waals surface area (Å²) in [5.74, 6) is 9.05. The van der Waals surface area contributed by atoms with E-state index in [0.29, 0.717) is 44.9 Å². The van der Waals surface area contributed by atoms with Crippen molar-refractivity contribution in [2.45, 2.75) is 115 Å². The Morgan fingerprint density at radius 2 is 1.12 bits per heavy atom. The molecule has 0 bridgehead atoms. The molecule has 3 amide bonds. The first-order valence-corrected chi connectivity index (χ1v) is 18.4. The van der Waals surface area contributed by atoms with Gasteiger partial charge in [-0.25, -0.2) is 10.6 Å². The molecule has 0 saturated carbocycles. The molecule has 296 valence electrons. The van der Waals surface area contributed by atoms with Crippen molar-refractivity contribution in [2.24, 2.45) is 16.8 Å². The highest BCUT2D eigenvalue weighted by atomic mass is 16.5. The van der Waals surface area contributed by atoms with Gasteiger partial charge in [-0.3, -0.25) is 14.4 Å². The fraction of sp³-hybridized carbons (Fsp3) is 0.824. The van der Waals surface area contributed by atoms with E-state index in [0.717, 1.165) is 38.5 Å². The van der Waals surface area contributed by atoms with E-state index in [-0.39, 0.29) is 76.6 Å². The van der Waals surface area contributed by atoms with E-state index < -0.39 is 12.0 Å². The normalized spacial score (nSPS) is 11.9. The number of amidine groups is 1. The second-order valence-electron chi connectivity index (χ2n) is 12.0. The number of nitrogens with one attached hydrogen (secondary N) is 4. The average molecular weight is 732 g/mol. The number of hydrogen-bond acceptors (Lipinski definition) is 12. The Morgan fingerprint density at radius 1 is 0.627 bits per heavy atom. The fourth-order valence-electron chi connectivity index (χ4n) is 4.90. The maximum Gasteiger partial charge on any atom is 0.326 e. The molecule has 0 aliphatic heterocycles. The van der Waals surface area contributed by atoms with Gasteiger partial charge in [-0.15, -0.1) is 0 Å². The van der Waals surface area contributed by atoms with Crippen LogP contribution in [-0.4, -0.2) is 113 Å². The number of carbonyl (C=O) groups is 5. The molecule has 0 aromatic rings. The topological polar surface area (TPSA) is 255 Å². The van der Waals surface area contributed by atoms with Crippen molar-refractivity contribution in [3.8, 4) is 0 Å². The minimum atomic E-state index is -1.17. The number of ether oxygens (including phenoxy) is 4. The van der Waals surface area contributed by atoms with Crippen LogP contribution in [0.15, 0.2) is 5.10 Å². The average Bonchev–Trinajstić information content (AvgIpc) is 3.12. The zero-order valence-corrected chi connectivity index (χ0v) is 30.5. The molecule has 0 aromatic heterocycles. The SMILES string of the molecule is N/N=C(/CCCCCCCCCCCCCCCC(=O)N[C@@H](CCC(=O)NCCOCCOCC(=O)NCCOCCOCC=O)C(=O)O)NN. The van der Waals surface area contributed by atoms with Gasteiger partial charge in [0.15, 0.2) is 0 Å². The van der Waals surface area contributed by atoms with Gasteiger partial charge in [0.1, 0.15) is 31.4 Å². The van der Waals surface area contributed by atoms with Crippen LogP contribution in [0, 0.1) is 0 Å². The molecule has 0 fully saturated rings. The highest BCUT2D eigenvalue weighted by Gasteiger charge is 2.20. The maximum absolute atomic E-state index is 12.3. The number of unbranched alkanes of at least 4 members (excludes halogenated alkanes) is 12. The molecule has 0 saturated heterocycles. The third kappa shape index (κ3) is 33.5. The van der Waals surface area contributed by atoms with Crippen molar-refractivity contribution in [2.75, 3.05) is 65.9 Å². The lowest BCUT2D eigenvalue weighted by Gasteiger charge is -2.14. The van der Waals surface area contributed by atoms with Crippen LogP contribution in [0.5, 0.6) is 0 Å². The summed E-state index contributed by atoms with van der Waals surface area (Å²) in [6.45, 7) is 2.03. The summed E-state index contributed by atoms with van der Waals surface area (Å²) in [5.41, 5.74) is 2.50. The van der Waals surface area contributed by atoms with Crippen molar-refractivity contribution in [3.05, 3.63) is 0 Å². The largest absolute Gasteiger partial charge is 0.480 e. The molecule has 0 unspecified atom stereocenters. The number of aldehydes is 1. The molecule has 0 aromatic carbocycles. The molecule has 17 nitrogen and oxygen atoms in total. The van der Waals surface area contributed by atoms with Gasteiger partial charge in [-0.05, 0) is 19.3 Å². The minimum absolute atomic E-state index is 0.0108. The van der Waals surface area contributed by atoms with E-state index in [1.54, 1.807) is 0 Å². The van der Waals surface area contributed by atoms with Crippen LogP contribution in [-0.2, 0) is 42.9 Å². The molecular formula is C34H65N7O10. The summed E-state index contributed by atoms with van der Waals surface area (Å²) in [5, 5.41) is 20.9. The second-order valence-corrected chi connectivity index (χ2v) is 12.0. The Bertz CT molecular complexity index is 943. The van der Waals surface area contributed by atoms with Gasteiger partial charge in [-0.1, -0.05) is 70.6 Å². The van der Waals surface area contributed by atoms with E-state index in [1.165, 1.54) is 44.9 Å². The van der Waals surface area contributed by atoms with Crippen LogP contribution in [0.2, 0.25) is 0 Å². The second kappa shape index (κ2) is 36.4. The van der Waals surface area contributed by atoms with Gasteiger partial charge >= 0.3 is 5.97 Å². The van der Waals surface area contributed by atoms with Gasteiger partial charge in [0.05, 0.1) is 39.6 Å². The molecule has 51 heavy (non-hydrogen) atoms. The van der Waals surface area contributed by atoms with Crippen LogP contribution in [0.4, 0.5) is 0 Å². The zero-order valence-electron chi connectivity index (χ0n) is 30.5. The van der Waals surface area contributed by atoms with Gasteiger partial charge in [-0.2, -0.15) is 5.10 Å². The van der Waals surface area contributed by atoms with Crippen LogP contribution in [0.3, 0.4) is 0 Å². The highest BCUT2D eigenvalue weighted by Crippen LogP contribution is 2.13. The smallest absolute Gasteiger partial charge is 0.326 e. The Labute approximate surface area is 303 Å². The Balaban J connectivity index is 3.67. The number of amides is 3. The number of nitrogens with two attached hydrogens (primary N) is 2. The fourth-order valence-corrected chi connectivity index (χ4v) is 4.90. The van der Waals surface area contributed by atoms with Gasteiger partial charge in [0.2, 0.25) is 17.7 Å². The number of nitrogens with zero attached hydrogens (tertiary/aromatic N) is 1. The molecule has 0 heterocycles. The molecule has 17 heteroatoms. The summed E-state index contributed by atoms with van der Waals surface area (Å²) in [6.07, 6.45) is 16.3. The number of carboxylic acids is 1. The number of rotatable bonds is 37. The third-order valence-electron chi connectivity index (χ3n) is 7.73. The van der Waals surface area contributed by atoms with Crippen LogP contribution in [0.25, 0.3) is 0 Å². The molecule has 0 radical (unpaired) electrons. The lowest BCUT2D eigenvalue weighted by molar-refractivity contribution is -0.142. The van der Waals surface area contributed by atoms with E-state index >= 15 is 0 Å². The molecule has 0 spiro atoms. The maximum atomic E-state index is 12.3. The van der Waals surface area contributed by atoms with Gasteiger partial charge in [0, 0.05) is 32.4 Å². The zero-order chi connectivity index (χ0) is 37.6. The number of hydrazine groups is 1. The molecule has 0 aliphatic rings. The summed E-state index contributed by atoms with van der Waals surface area (Å²) in [6, 6.07) is -1.12. The van der Waals surface area contributed by atoms with Gasteiger partial charge < -0.3 is 56.1 Å². The molecule has 0 aliphatic carbocycles. The number of hydrogen-bond donors (Lipinski definition) is 7. The summed E-state index contributed by atoms with van der Waals surface area (Å²) >= 11 is 0. The Kier molecular flexibility index (Phi) is 34.0. The number of carboxylic acid groups (broad SMARTS) is 1. The summed E-state index contributed by atoms with van der Waals surface area (Å²) in [4.78, 5) is 57.8. The van der Waals surface area contributed by atoms with Crippen LogP contribution >= 0.6 is 0 Å². The predicted molar refractivity (Wildman–Crippen MR) is 192 cm³/mol. The molecule has 1 atom stereocenters. The van der Waals surface area contributed by atoms with E-state index in [9.17, 15) is 29.1 Å². The summed E-state index contributed by atoms with van der Waals surface area (Å²) < 4.78 is 20.8. The minimum Gasteiger partial charge on any atom is -0.480 e. The van der Waals surface area contributed by atoms with Crippen molar-refractivity contribution in [1.29, 1.82) is 0 Å². The Hall–Kier alpha value is -3.38. The van der Waals surface area contributed by atoms with Crippen molar-refractivity contribution in [3.63, 3.8) is 0 Å². The van der Waals surface area contributed by atoms with E-state index in [2.05, 4.69) is 26.5 Å². The standard InChI is InChI=1S/C34H65N7O10/c35-40-30(41-36)14-12-10-8-6-4-2-1-3-5-7-9-11-13-15-32(44)39-29(34(46)47)16-17-31(43)37-18-21-49-26-27-51-28-33(45)38-19-22-48-24-25-50-23-20-42/h20,29H,1-19,21-28,35-36H2,(H,37,43)(H,38,45)(H,39,44)(H,40,41)(H,46,47)/t29-/m0/s1. The monoisotopic (exact) mass is 731 g/mol. The van der Waals surface area contributed by atoms with E-state index in [4.69, 9.17) is 30.6 Å². The first-order chi connectivity index (χ1) is 24.8. The van der Waals surface area contributed by atoms with Crippen molar-refractivity contribution < 1.29 is 48.0 Å². The van der Waals surface area contributed by atoms with Crippen molar-refractivity contribution in [1.82, 2.24) is 21.4 Å². The van der Waals surface area contributed by atoms with E-state index in [1.807, 2.05) is 0 Å². The molecular weight excluding hydrogens is 666 g/mol. The Morgan fingerprint density at radius 3 is 1.63 bits per heavy atom. The first-order valence-electron chi connectivity index (χ1n) is 18.4. The molecule has 0 rings (SSSR count). The third-order valence-corrected chi connectivity index (χ3v) is 7.73. The predicted octanol–water partition coefficient (Wildman–Crippen LogP) is 1.42. The summed E-state index contributed by atoms with van der Waals surface area (Å²) in [7, 11) is 0.